The molecular weight excluding hydrogens is 198 g/mol. The van der Waals surface area contributed by atoms with E-state index in [1.165, 1.54) is 0 Å². The number of aromatic nitrogens is 2. The van der Waals surface area contributed by atoms with E-state index in [-0.39, 0.29) is 11.8 Å². The summed E-state index contributed by atoms with van der Waals surface area (Å²) in [5, 5.41) is 12.3. The molecule has 2 heterocycles. The highest BCUT2D eigenvalue weighted by molar-refractivity contribution is 5.81. The van der Waals surface area contributed by atoms with Crippen LogP contribution in [-0.2, 0) is 0 Å². The average molecular weight is 211 g/mol. The van der Waals surface area contributed by atoms with Gasteiger partial charge in [0, 0.05) is 5.92 Å². The second-order valence-electron chi connectivity index (χ2n) is 3.84. The molecular formula is C9H13N3O3. The molecule has 82 valence electrons. The smallest absolute Gasteiger partial charge is 0.394 e. The number of piperidine rings is 1. The lowest BCUT2D eigenvalue weighted by Crippen LogP contribution is -2.29. The zero-order valence-corrected chi connectivity index (χ0v) is 8.51. The fourth-order valence-electron chi connectivity index (χ4n) is 1.75. The number of carboxylic acid groups (broad SMARTS) is 1. The minimum atomic E-state index is -1.17. The average Bonchev–Trinajstić information content (AvgIpc) is 2.68. The van der Waals surface area contributed by atoms with E-state index >= 15 is 0 Å². The molecule has 1 aliphatic rings. The van der Waals surface area contributed by atoms with Crippen molar-refractivity contribution in [2.75, 3.05) is 20.1 Å². The molecule has 1 N–H and O–H groups in total. The molecule has 0 aromatic carbocycles. The fourth-order valence-corrected chi connectivity index (χ4v) is 1.75. The van der Waals surface area contributed by atoms with Crippen molar-refractivity contribution in [3.05, 3.63) is 11.7 Å². The molecule has 2 rings (SSSR count). The van der Waals surface area contributed by atoms with Gasteiger partial charge >= 0.3 is 11.9 Å². The molecule has 1 aromatic rings. The number of hydrogen-bond donors (Lipinski definition) is 1. The van der Waals surface area contributed by atoms with Crippen molar-refractivity contribution in [3.8, 4) is 0 Å². The summed E-state index contributed by atoms with van der Waals surface area (Å²) in [5.74, 6) is -0.718. The number of hydrogen-bond acceptors (Lipinski definition) is 5. The van der Waals surface area contributed by atoms with E-state index in [2.05, 4.69) is 26.6 Å². The summed E-state index contributed by atoms with van der Waals surface area (Å²) in [6, 6.07) is 0. The molecule has 0 bridgehead atoms. The van der Waals surface area contributed by atoms with Gasteiger partial charge in [0.2, 0.25) is 0 Å². The molecule has 1 aliphatic heterocycles. The summed E-state index contributed by atoms with van der Waals surface area (Å²) in [6.07, 6.45) is 1.91. The molecule has 0 radical (unpaired) electrons. The standard InChI is InChI=1S/C9H13N3O3/c1-12-4-2-6(3-5-12)7-10-8(9(13)14)15-11-7/h6H,2-5H2,1H3,(H,13,14). The van der Waals surface area contributed by atoms with Crippen LogP contribution in [0.5, 0.6) is 0 Å². The Hall–Kier alpha value is -1.43. The van der Waals surface area contributed by atoms with Crippen LogP contribution in [0.4, 0.5) is 0 Å². The summed E-state index contributed by atoms with van der Waals surface area (Å²) in [4.78, 5) is 16.6. The second kappa shape index (κ2) is 3.98. The van der Waals surface area contributed by atoms with Crippen molar-refractivity contribution < 1.29 is 14.4 Å². The molecule has 0 amide bonds. The van der Waals surface area contributed by atoms with Gasteiger partial charge in [0.15, 0.2) is 5.82 Å². The van der Waals surface area contributed by atoms with Crippen molar-refractivity contribution in [3.63, 3.8) is 0 Å². The van der Waals surface area contributed by atoms with Crippen LogP contribution >= 0.6 is 0 Å². The Morgan fingerprint density at radius 2 is 2.20 bits per heavy atom. The molecule has 0 saturated carbocycles. The Morgan fingerprint density at radius 1 is 1.53 bits per heavy atom. The van der Waals surface area contributed by atoms with E-state index in [4.69, 9.17) is 5.11 Å². The molecule has 1 fully saturated rings. The first-order valence-corrected chi connectivity index (χ1v) is 4.92. The Morgan fingerprint density at radius 3 is 2.73 bits per heavy atom. The van der Waals surface area contributed by atoms with Crippen molar-refractivity contribution in [1.82, 2.24) is 15.0 Å². The van der Waals surface area contributed by atoms with E-state index in [1.54, 1.807) is 0 Å². The van der Waals surface area contributed by atoms with Crippen LogP contribution in [0.1, 0.15) is 35.3 Å². The molecule has 1 aromatic heterocycles. The number of carboxylic acids is 1. The highest BCUT2D eigenvalue weighted by atomic mass is 16.5. The van der Waals surface area contributed by atoms with E-state index < -0.39 is 5.97 Å². The molecule has 1 saturated heterocycles. The molecule has 0 atom stereocenters. The SMILES string of the molecule is CN1CCC(c2noc(C(=O)O)n2)CC1. The lowest BCUT2D eigenvalue weighted by molar-refractivity contribution is 0.0643. The van der Waals surface area contributed by atoms with Gasteiger partial charge in [-0.15, -0.1) is 0 Å². The van der Waals surface area contributed by atoms with Crippen LogP contribution in [-0.4, -0.2) is 46.3 Å². The quantitative estimate of drug-likeness (QED) is 0.770. The second-order valence-corrected chi connectivity index (χ2v) is 3.84. The molecule has 15 heavy (non-hydrogen) atoms. The lowest BCUT2D eigenvalue weighted by Gasteiger charge is -2.26. The van der Waals surface area contributed by atoms with E-state index in [0.29, 0.717) is 5.82 Å². The minimum absolute atomic E-state index is 0.234. The molecule has 0 unspecified atom stereocenters. The van der Waals surface area contributed by atoms with Crippen LogP contribution < -0.4 is 0 Å². The topological polar surface area (TPSA) is 79.5 Å². The highest BCUT2D eigenvalue weighted by Gasteiger charge is 2.24. The highest BCUT2D eigenvalue weighted by Crippen LogP contribution is 2.24. The monoisotopic (exact) mass is 211 g/mol. The summed E-state index contributed by atoms with van der Waals surface area (Å²) in [7, 11) is 2.06. The fraction of sp³-hybridized carbons (Fsp3) is 0.667. The number of nitrogens with zero attached hydrogens (tertiary/aromatic N) is 3. The molecule has 0 spiro atoms. The van der Waals surface area contributed by atoms with Crippen molar-refractivity contribution in [2.45, 2.75) is 18.8 Å². The summed E-state index contributed by atoms with van der Waals surface area (Å²) < 4.78 is 4.63. The maximum Gasteiger partial charge on any atom is 0.394 e. The number of carbonyl (C=O) groups is 1. The number of aromatic carboxylic acids is 1. The van der Waals surface area contributed by atoms with Gasteiger partial charge in [-0.25, -0.2) is 4.79 Å². The zero-order valence-electron chi connectivity index (χ0n) is 8.51. The Bertz CT molecular complexity index is 355. The Labute approximate surface area is 86.9 Å². The normalized spacial score (nSPS) is 19.3. The maximum absolute atomic E-state index is 10.5. The summed E-state index contributed by atoms with van der Waals surface area (Å²) in [6.45, 7) is 1.98. The first-order valence-electron chi connectivity index (χ1n) is 4.92. The van der Waals surface area contributed by atoms with Crippen LogP contribution in [0.15, 0.2) is 4.52 Å². The van der Waals surface area contributed by atoms with Crippen LogP contribution in [0, 0.1) is 0 Å². The van der Waals surface area contributed by atoms with Gasteiger partial charge < -0.3 is 14.5 Å². The lowest BCUT2D eigenvalue weighted by atomic mass is 9.97. The third kappa shape index (κ3) is 2.15. The number of likely N-dealkylation sites (tertiary alicyclic amines) is 1. The van der Waals surface area contributed by atoms with Gasteiger partial charge in [-0.05, 0) is 33.0 Å². The minimum Gasteiger partial charge on any atom is -0.474 e. The Kier molecular flexibility index (Phi) is 2.68. The van der Waals surface area contributed by atoms with Gasteiger partial charge in [0.05, 0.1) is 0 Å². The zero-order chi connectivity index (χ0) is 10.8. The summed E-state index contributed by atoms with van der Waals surface area (Å²) >= 11 is 0. The first-order chi connectivity index (χ1) is 7.16. The van der Waals surface area contributed by atoms with Crippen molar-refractivity contribution in [2.24, 2.45) is 0 Å². The summed E-state index contributed by atoms with van der Waals surface area (Å²) in [5.41, 5.74) is 0. The van der Waals surface area contributed by atoms with Crippen molar-refractivity contribution >= 4 is 5.97 Å². The Balaban J connectivity index is 2.06. The van der Waals surface area contributed by atoms with Gasteiger partial charge in [0.1, 0.15) is 0 Å². The van der Waals surface area contributed by atoms with Gasteiger partial charge in [-0.1, -0.05) is 5.16 Å². The first kappa shape index (κ1) is 10.1. The third-order valence-electron chi connectivity index (χ3n) is 2.71. The van der Waals surface area contributed by atoms with Crippen LogP contribution in [0.3, 0.4) is 0 Å². The maximum atomic E-state index is 10.5. The molecule has 6 heteroatoms. The largest absolute Gasteiger partial charge is 0.474 e. The predicted octanol–water partition coefficient (Wildman–Crippen LogP) is 0.577. The van der Waals surface area contributed by atoms with E-state index in [9.17, 15) is 4.79 Å². The molecule has 0 aliphatic carbocycles. The van der Waals surface area contributed by atoms with Crippen molar-refractivity contribution in [1.29, 1.82) is 0 Å². The van der Waals surface area contributed by atoms with Crippen LogP contribution in [0.2, 0.25) is 0 Å². The van der Waals surface area contributed by atoms with Gasteiger partial charge in [-0.2, -0.15) is 4.98 Å². The van der Waals surface area contributed by atoms with Crippen LogP contribution in [0.25, 0.3) is 0 Å². The van der Waals surface area contributed by atoms with Gasteiger partial charge in [-0.3, -0.25) is 0 Å². The van der Waals surface area contributed by atoms with E-state index in [1.807, 2.05) is 0 Å². The number of rotatable bonds is 2. The third-order valence-corrected chi connectivity index (χ3v) is 2.71. The predicted molar refractivity (Wildman–Crippen MR) is 50.7 cm³/mol. The van der Waals surface area contributed by atoms with Gasteiger partial charge in [0.25, 0.3) is 0 Å². The molecule has 6 nitrogen and oxygen atoms in total. The van der Waals surface area contributed by atoms with E-state index in [0.717, 1.165) is 25.9 Å².